The number of hydrogen-bond donors (Lipinski definition) is 1. The Morgan fingerprint density at radius 1 is 1.16 bits per heavy atom. The van der Waals surface area contributed by atoms with Crippen LogP contribution in [0.15, 0.2) is 33.4 Å². The molecule has 1 N–H and O–H groups in total. The molecule has 3 rings (SSSR count). The lowest BCUT2D eigenvalue weighted by Crippen LogP contribution is -2.33. The summed E-state index contributed by atoms with van der Waals surface area (Å²) in [4.78, 5) is 31.6. The van der Waals surface area contributed by atoms with Gasteiger partial charge in [0.05, 0.1) is 10.6 Å². The quantitative estimate of drug-likeness (QED) is 0.590. The first-order chi connectivity index (χ1) is 15.3. The molecule has 32 heavy (non-hydrogen) atoms. The van der Waals surface area contributed by atoms with Crippen LogP contribution in [0.2, 0.25) is 0 Å². The van der Waals surface area contributed by atoms with Crippen molar-refractivity contribution in [1.29, 1.82) is 0 Å². The average Bonchev–Trinajstić information content (AvgIpc) is 3.02. The zero-order chi connectivity index (χ0) is 23.1. The van der Waals surface area contributed by atoms with Gasteiger partial charge in [-0.15, -0.1) is 11.3 Å². The first-order valence-electron chi connectivity index (χ1n) is 11.0. The van der Waals surface area contributed by atoms with Gasteiger partial charge in [-0.2, -0.15) is 4.31 Å². The Balaban J connectivity index is 1.65. The number of thiazole rings is 1. The van der Waals surface area contributed by atoms with Crippen LogP contribution in [0.5, 0.6) is 0 Å². The molecule has 11 heteroatoms. The molecule has 1 aliphatic rings. The molecule has 2 aromatic rings. The summed E-state index contributed by atoms with van der Waals surface area (Å²) < 4.78 is 27.9. The van der Waals surface area contributed by atoms with Gasteiger partial charge >= 0.3 is 0 Å². The topological polar surface area (TPSA) is 105 Å². The smallest absolute Gasteiger partial charge is 0.251 e. The number of hydrogen-bond acceptors (Lipinski definition) is 7. The van der Waals surface area contributed by atoms with Crippen LogP contribution in [0.3, 0.4) is 0 Å². The van der Waals surface area contributed by atoms with Gasteiger partial charge in [-0.1, -0.05) is 26.7 Å². The van der Waals surface area contributed by atoms with Crippen LogP contribution in [0.1, 0.15) is 45.2 Å². The number of likely N-dealkylation sites (tertiary alicyclic amines) is 1. The third kappa shape index (κ3) is 6.25. The Kier molecular flexibility index (Phi) is 8.57. The van der Waals surface area contributed by atoms with E-state index in [1.54, 1.807) is 13.8 Å². The molecule has 176 valence electrons. The van der Waals surface area contributed by atoms with Crippen LogP contribution in [0, 0.1) is 0 Å². The van der Waals surface area contributed by atoms with Crippen molar-refractivity contribution in [3.05, 3.63) is 39.8 Å². The molecule has 0 bridgehead atoms. The maximum absolute atomic E-state index is 12.7. The molecule has 0 aromatic carbocycles. The molecule has 0 radical (unpaired) electrons. The Labute approximate surface area is 193 Å². The monoisotopic (exact) mass is 481 g/mol. The predicted octanol–water partition coefficient (Wildman–Crippen LogP) is 2.35. The fourth-order valence-corrected chi connectivity index (χ4v) is 5.97. The summed E-state index contributed by atoms with van der Waals surface area (Å²) in [5.41, 5.74) is 0.469. The van der Waals surface area contributed by atoms with Gasteiger partial charge in [-0.05, 0) is 32.0 Å². The molecule has 2 aromatic heterocycles. The lowest BCUT2D eigenvalue weighted by atomic mass is 10.2. The molecule has 1 amide bonds. The van der Waals surface area contributed by atoms with E-state index in [0.29, 0.717) is 18.2 Å². The van der Waals surface area contributed by atoms with Crippen molar-refractivity contribution in [2.24, 2.45) is 0 Å². The van der Waals surface area contributed by atoms with Crippen molar-refractivity contribution >= 4 is 32.4 Å². The summed E-state index contributed by atoms with van der Waals surface area (Å²) in [7, 11) is -3.72. The second-order valence-corrected chi connectivity index (χ2v) is 10.6. The van der Waals surface area contributed by atoms with Gasteiger partial charge in [0.2, 0.25) is 15.9 Å². The zero-order valence-corrected chi connectivity index (χ0v) is 20.3. The van der Waals surface area contributed by atoms with Gasteiger partial charge in [0.25, 0.3) is 5.56 Å². The van der Waals surface area contributed by atoms with Crippen LogP contribution < -0.4 is 10.9 Å². The summed E-state index contributed by atoms with van der Waals surface area (Å²) in [6, 6.07) is 2.45. The summed E-state index contributed by atoms with van der Waals surface area (Å²) in [6.45, 7) is 6.74. The minimum atomic E-state index is -3.72. The number of anilines is 1. The van der Waals surface area contributed by atoms with E-state index in [0.717, 1.165) is 29.9 Å². The Morgan fingerprint density at radius 3 is 2.50 bits per heavy atom. The molecule has 1 aliphatic heterocycles. The molecule has 0 aliphatic carbocycles. The Bertz CT molecular complexity index is 1070. The SMILES string of the molecule is CCN(CC)S(=O)(=O)c1ccc(=O)n(CC(=O)Nc2nc(CN3CCCCCC3)cs2)c1. The second-order valence-electron chi connectivity index (χ2n) is 7.80. The molecule has 1 fully saturated rings. The number of rotatable bonds is 9. The molecule has 9 nitrogen and oxygen atoms in total. The number of carbonyl (C=O) groups excluding carboxylic acids is 1. The highest BCUT2D eigenvalue weighted by atomic mass is 32.2. The molecule has 0 atom stereocenters. The maximum atomic E-state index is 12.7. The summed E-state index contributed by atoms with van der Waals surface area (Å²) in [6.07, 6.45) is 6.16. The van der Waals surface area contributed by atoms with E-state index >= 15 is 0 Å². The van der Waals surface area contributed by atoms with Gasteiger partial charge in [0.1, 0.15) is 6.54 Å². The normalized spacial score (nSPS) is 15.6. The lowest BCUT2D eigenvalue weighted by Gasteiger charge is -2.19. The van der Waals surface area contributed by atoms with Gasteiger partial charge in [0, 0.05) is 37.3 Å². The first-order valence-corrected chi connectivity index (χ1v) is 13.3. The fourth-order valence-electron chi connectivity index (χ4n) is 3.77. The number of nitrogens with zero attached hydrogens (tertiary/aromatic N) is 4. The maximum Gasteiger partial charge on any atom is 0.251 e. The largest absolute Gasteiger partial charge is 0.305 e. The Hall–Kier alpha value is -2.08. The molecule has 0 saturated carbocycles. The van der Waals surface area contributed by atoms with E-state index in [1.807, 2.05) is 5.38 Å². The van der Waals surface area contributed by atoms with Crippen LogP contribution in [0.4, 0.5) is 5.13 Å². The van der Waals surface area contributed by atoms with E-state index in [9.17, 15) is 18.0 Å². The number of amides is 1. The molecule has 3 heterocycles. The standard InChI is InChI=1S/C21H31N5O4S2/c1-3-26(4-2)32(29,30)18-9-10-20(28)25(14-18)15-19(27)23-21-22-17(16-31-21)13-24-11-7-5-6-8-12-24/h9-10,14,16H,3-8,11-13,15H2,1-2H3,(H,22,23,27). The van der Waals surface area contributed by atoms with Crippen LogP contribution in [0.25, 0.3) is 0 Å². The van der Waals surface area contributed by atoms with E-state index in [4.69, 9.17) is 0 Å². The van der Waals surface area contributed by atoms with Crippen molar-refractivity contribution in [2.45, 2.75) is 57.5 Å². The number of carbonyl (C=O) groups is 1. The van der Waals surface area contributed by atoms with Gasteiger partial charge in [0.15, 0.2) is 5.13 Å². The van der Waals surface area contributed by atoms with Gasteiger partial charge in [-0.3, -0.25) is 14.5 Å². The first kappa shape index (κ1) is 24.6. The number of aromatic nitrogens is 2. The molecular weight excluding hydrogens is 450 g/mol. The van der Waals surface area contributed by atoms with E-state index in [2.05, 4.69) is 15.2 Å². The average molecular weight is 482 g/mol. The summed E-state index contributed by atoms with van der Waals surface area (Å²) >= 11 is 1.34. The van der Waals surface area contributed by atoms with E-state index in [1.165, 1.54) is 59.7 Å². The van der Waals surface area contributed by atoms with E-state index in [-0.39, 0.29) is 11.4 Å². The third-order valence-electron chi connectivity index (χ3n) is 5.50. The summed E-state index contributed by atoms with van der Waals surface area (Å²) in [5, 5.41) is 5.13. The lowest BCUT2D eigenvalue weighted by molar-refractivity contribution is -0.116. The van der Waals surface area contributed by atoms with Crippen molar-refractivity contribution in [2.75, 3.05) is 31.5 Å². The van der Waals surface area contributed by atoms with Crippen LogP contribution >= 0.6 is 11.3 Å². The van der Waals surface area contributed by atoms with Crippen molar-refractivity contribution in [3.8, 4) is 0 Å². The van der Waals surface area contributed by atoms with Gasteiger partial charge < -0.3 is 9.88 Å². The van der Waals surface area contributed by atoms with Crippen molar-refractivity contribution < 1.29 is 13.2 Å². The van der Waals surface area contributed by atoms with Crippen LogP contribution in [-0.4, -0.2) is 59.3 Å². The number of pyridine rings is 1. The fraction of sp³-hybridized carbons (Fsp3) is 0.571. The van der Waals surface area contributed by atoms with Gasteiger partial charge in [-0.25, -0.2) is 13.4 Å². The number of nitrogens with one attached hydrogen (secondary N) is 1. The molecule has 0 spiro atoms. The Morgan fingerprint density at radius 2 is 1.84 bits per heavy atom. The van der Waals surface area contributed by atoms with Crippen LogP contribution in [-0.2, 0) is 27.9 Å². The van der Waals surface area contributed by atoms with E-state index < -0.39 is 21.5 Å². The zero-order valence-electron chi connectivity index (χ0n) is 18.6. The third-order valence-corrected chi connectivity index (χ3v) is 8.34. The van der Waals surface area contributed by atoms with Crippen molar-refractivity contribution in [1.82, 2.24) is 18.8 Å². The highest BCUT2D eigenvalue weighted by molar-refractivity contribution is 7.89. The highest BCUT2D eigenvalue weighted by Crippen LogP contribution is 2.19. The molecule has 0 unspecified atom stereocenters. The minimum Gasteiger partial charge on any atom is -0.305 e. The molecular formula is C21H31N5O4S2. The molecule has 1 saturated heterocycles. The highest BCUT2D eigenvalue weighted by Gasteiger charge is 2.22. The minimum absolute atomic E-state index is 0.0115. The predicted molar refractivity (Wildman–Crippen MR) is 125 cm³/mol. The summed E-state index contributed by atoms with van der Waals surface area (Å²) in [5.74, 6) is -0.430. The van der Waals surface area contributed by atoms with Crippen molar-refractivity contribution in [3.63, 3.8) is 0 Å². The number of sulfonamides is 1. The second kappa shape index (κ2) is 11.2.